The fourth-order valence-electron chi connectivity index (χ4n) is 3.24. The summed E-state index contributed by atoms with van der Waals surface area (Å²) in [5, 5.41) is 5.57. The van der Waals surface area contributed by atoms with Crippen molar-refractivity contribution in [1.29, 1.82) is 0 Å². The molecule has 0 unspecified atom stereocenters. The maximum Gasteiger partial charge on any atom is 0.251 e. The van der Waals surface area contributed by atoms with Gasteiger partial charge in [0.25, 0.3) is 5.91 Å². The van der Waals surface area contributed by atoms with E-state index in [9.17, 15) is 9.59 Å². The fourth-order valence-corrected chi connectivity index (χ4v) is 3.24. The Hall–Kier alpha value is -2.60. The Balaban J connectivity index is 1.49. The minimum atomic E-state index is -0.247. The topological polar surface area (TPSA) is 75.8 Å². The quantitative estimate of drug-likeness (QED) is 0.688. The molecule has 25 heavy (non-hydrogen) atoms. The van der Waals surface area contributed by atoms with Gasteiger partial charge in [0, 0.05) is 18.4 Å². The summed E-state index contributed by atoms with van der Waals surface area (Å²) in [6, 6.07) is 12.8. The number of benzene rings is 1. The van der Waals surface area contributed by atoms with Gasteiger partial charge in [-0.1, -0.05) is 18.2 Å². The molecule has 0 spiro atoms. The van der Waals surface area contributed by atoms with E-state index < -0.39 is 0 Å². The summed E-state index contributed by atoms with van der Waals surface area (Å²) in [4.78, 5) is 25.5. The van der Waals surface area contributed by atoms with Gasteiger partial charge < -0.3 is 20.0 Å². The molecule has 2 amide bonds. The predicted octanol–water partition coefficient (Wildman–Crippen LogP) is 0.546. The highest BCUT2D eigenvalue weighted by atomic mass is 16.3. The van der Waals surface area contributed by atoms with Gasteiger partial charge in [0.1, 0.15) is 0 Å². The van der Waals surface area contributed by atoms with Crippen LogP contribution in [0.3, 0.4) is 0 Å². The summed E-state index contributed by atoms with van der Waals surface area (Å²) in [5.74, 6) is 0.452. The van der Waals surface area contributed by atoms with Crippen molar-refractivity contribution in [2.45, 2.75) is 18.9 Å². The Morgan fingerprint density at radius 1 is 1.04 bits per heavy atom. The lowest BCUT2D eigenvalue weighted by molar-refractivity contribution is -0.919. The number of nitrogens with one attached hydrogen (secondary N) is 3. The van der Waals surface area contributed by atoms with Crippen molar-refractivity contribution in [3.05, 3.63) is 60.1 Å². The second kappa shape index (κ2) is 8.48. The molecule has 1 atom stereocenters. The molecule has 3 N–H and O–H groups in total. The largest absolute Gasteiger partial charge is 0.463 e. The van der Waals surface area contributed by atoms with Crippen LogP contribution in [0.15, 0.2) is 53.1 Å². The first-order valence-corrected chi connectivity index (χ1v) is 8.72. The van der Waals surface area contributed by atoms with E-state index in [0.29, 0.717) is 12.1 Å². The number of amides is 2. The maximum absolute atomic E-state index is 12.1. The summed E-state index contributed by atoms with van der Waals surface area (Å²) in [6.45, 7) is 2.65. The Morgan fingerprint density at radius 2 is 1.80 bits per heavy atom. The van der Waals surface area contributed by atoms with E-state index in [1.54, 1.807) is 30.5 Å². The summed E-state index contributed by atoms with van der Waals surface area (Å²) in [6.07, 6.45) is 4.07. The van der Waals surface area contributed by atoms with Crippen LogP contribution in [0.25, 0.3) is 0 Å². The van der Waals surface area contributed by atoms with Crippen molar-refractivity contribution in [3.63, 3.8) is 0 Å². The van der Waals surface area contributed by atoms with Gasteiger partial charge >= 0.3 is 0 Å². The molecule has 1 saturated heterocycles. The lowest BCUT2D eigenvalue weighted by atomic mass is 10.2. The molecular formula is C19H24N3O3+. The standard InChI is InChI=1S/C19H23N3O3/c23-18(14-21-19(24)15-7-2-1-3-8-15)20-13-16(17-9-6-12-25-17)22-10-4-5-11-22/h1-3,6-9,12,16H,4-5,10-11,13-14H2,(H,20,23)(H,21,24)/p+1/t16-/m1/s1. The zero-order valence-corrected chi connectivity index (χ0v) is 14.2. The van der Waals surface area contributed by atoms with Crippen LogP contribution in [-0.2, 0) is 4.79 Å². The van der Waals surface area contributed by atoms with Gasteiger partial charge in [0.05, 0.1) is 32.4 Å². The van der Waals surface area contributed by atoms with Gasteiger partial charge in [0.2, 0.25) is 5.91 Å². The first-order chi connectivity index (χ1) is 12.2. The van der Waals surface area contributed by atoms with Gasteiger partial charge in [-0.25, -0.2) is 0 Å². The van der Waals surface area contributed by atoms with Gasteiger partial charge in [0.15, 0.2) is 11.8 Å². The van der Waals surface area contributed by atoms with Crippen molar-refractivity contribution in [2.24, 2.45) is 0 Å². The molecule has 132 valence electrons. The average Bonchev–Trinajstić information content (AvgIpc) is 3.35. The minimum Gasteiger partial charge on any atom is -0.463 e. The Labute approximate surface area is 147 Å². The van der Waals surface area contributed by atoms with Crippen LogP contribution in [0.5, 0.6) is 0 Å². The van der Waals surface area contributed by atoms with Crippen molar-refractivity contribution in [3.8, 4) is 0 Å². The minimum absolute atomic E-state index is 0.0338. The fraction of sp³-hybridized carbons (Fsp3) is 0.368. The van der Waals surface area contributed by atoms with Crippen molar-refractivity contribution in [2.75, 3.05) is 26.2 Å². The number of quaternary nitrogens is 1. The molecule has 1 fully saturated rings. The molecule has 1 aromatic carbocycles. The molecular weight excluding hydrogens is 318 g/mol. The number of hydrogen-bond acceptors (Lipinski definition) is 3. The highest BCUT2D eigenvalue weighted by Gasteiger charge is 2.29. The van der Waals surface area contributed by atoms with Crippen LogP contribution in [-0.4, -0.2) is 38.0 Å². The molecule has 0 bridgehead atoms. The number of carbonyl (C=O) groups is 2. The van der Waals surface area contributed by atoms with Crippen molar-refractivity contribution in [1.82, 2.24) is 10.6 Å². The van der Waals surface area contributed by atoms with Crippen LogP contribution in [0.1, 0.15) is 35.0 Å². The number of carbonyl (C=O) groups excluding carboxylic acids is 2. The molecule has 0 radical (unpaired) electrons. The Bertz CT molecular complexity index is 679. The van der Waals surface area contributed by atoms with Crippen LogP contribution in [0.2, 0.25) is 0 Å². The lowest BCUT2D eigenvalue weighted by Gasteiger charge is -2.23. The van der Waals surface area contributed by atoms with Gasteiger partial charge in [-0.3, -0.25) is 9.59 Å². The van der Waals surface area contributed by atoms with Crippen LogP contribution < -0.4 is 15.5 Å². The highest BCUT2D eigenvalue weighted by Crippen LogP contribution is 2.11. The second-order valence-electron chi connectivity index (χ2n) is 6.29. The Kier molecular flexibility index (Phi) is 5.85. The molecule has 1 aliphatic heterocycles. The van der Waals surface area contributed by atoms with E-state index in [4.69, 9.17) is 4.42 Å². The zero-order chi connectivity index (χ0) is 17.5. The first kappa shape index (κ1) is 17.2. The van der Waals surface area contributed by atoms with E-state index in [1.807, 2.05) is 18.2 Å². The SMILES string of the molecule is O=C(CNC(=O)c1ccccc1)NC[C@H](c1ccco1)[NH+]1CCCC1. The van der Waals surface area contributed by atoms with Crippen LogP contribution in [0, 0.1) is 0 Å². The monoisotopic (exact) mass is 342 g/mol. The lowest BCUT2D eigenvalue weighted by Crippen LogP contribution is -3.11. The van der Waals surface area contributed by atoms with Gasteiger partial charge in [-0.05, 0) is 24.3 Å². The highest BCUT2D eigenvalue weighted by molar-refractivity contribution is 5.96. The number of likely N-dealkylation sites (tertiary alicyclic amines) is 1. The van der Waals surface area contributed by atoms with E-state index in [-0.39, 0.29) is 24.4 Å². The van der Waals surface area contributed by atoms with E-state index in [0.717, 1.165) is 18.8 Å². The summed E-state index contributed by atoms with van der Waals surface area (Å²) >= 11 is 0. The number of rotatable bonds is 7. The molecule has 3 rings (SSSR count). The molecule has 2 heterocycles. The molecule has 0 aliphatic carbocycles. The van der Waals surface area contributed by atoms with Gasteiger partial charge in [-0.15, -0.1) is 0 Å². The predicted molar refractivity (Wildman–Crippen MR) is 93.2 cm³/mol. The smallest absolute Gasteiger partial charge is 0.251 e. The summed E-state index contributed by atoms with van der Waals surface area (Å²) in [7, 11) is 0. The van der Waals surface area contributed by atoms with E-state index >= 15 is 0 Å². The third-order valence-electron chi connectivity index (χ3n) is 4.57. The summed E-state index contributed by atoms with van der Waals surface area (Å²) < 4.78 is 5.55. The zero-order valence-electron chi connectivity index (χ0n) is 14.2. The van der Waals surface area contributed by atoms with E-state index in [1.165, 1.54) is 17.7 Å². The molecule has 2 aromatic rings. The van der Waals surface area contributed by atoms with Gasteiger partial charge in [-0.2, -0.15) is 0 Å². The molecule has 6 heteroatoms. The van der Waals surface area contributed by atoms with Crippen molar-refractivity contribution < 1.29 is 18.9 Å². The third-order valence-corrected chi connectivity index (χ3v) is 4.57. The molecule has 1 aliphatic rings. The average molecular weight is 342 g/mol. The number of furan rings is 1. The maximum atomic E-state index is 12.1. The molecule has 1 aromatic heterocycles. The second-order valence-corrected chi connectivity index (χ2v) is 6.29. The molecule has 0 saturated carbocycles. The summed E-state index contributed by atoms with van der Waals surface area (Å²) in [5.41, 5.74) is 0.547. The normalized spacial score (nSPS) is 15.7. The Morgan fingerprint density at radius 3 is 2.48 bits per heavy atom. The van der Waals surface area contributed by atoms with Crippen LogP contribution in [0.4, 0.5) is 0 Å². The first-order valence-electron chi connectivity index (χ1n) is 8.72. The number of hydrogen-bond donors (Lipinski definition) is 3. The molecule has 6 nitrogen and oxygen atoms in total. The van der Waals surface area contributed by atoms with Crippen LogP contribution >= 0.6 is 0 Å². The van der Waals surface area contributed by atoms with Crippen molar-refractivity contribution >= 4 is 11.8 Å². The third kappa shape index (κ3) is 4.70. The van der Waals surface area contributed by atoms with E-state index in [2.05, 4.69) is 10.6 Å².